The number of unbranched alkanes of at least 4 members (excludes halogenated alkanes) is 1. The topological polar surface area (TPSA) is 81.4 Å². The lowest BCUT2D eigenvalue weighted by Gasteiger charge is -2.07. The summed E-state index contributed by atoms with van der Waals surface area (Å²) >= 11 is 0. The predicted molar refractivity (Wildman–Crippen MR) is 75.5 cm³/mol. The molecular weight excluding hydrogens is 264 g/mol. The van der Waals surface area contributed by atoms with Crippen molar-refractivity contribution in [1.82, 2.24) is 4.72 Å². The van der Waals surface area contributed by atoms with Crippen molar-refractivity contribution in [2.24, 2.45) is 5.73 Å². The average Bonchev–Trinajstić information content (AvgIpc) is 2.39. The van der Waals surface area contributed by atoms with E-state index in [1.807, 2.05) is 0 Å². The minimum Gasteiger partial charge on any atom is -0.385 e. The molecule has 0 aliphatic carbocycles. The quantitative estimate of drug-likeness (QED) is 0.661. The van der Waals surface area contributed by atoms with E-state index in [1.54, 1.807) is 31.4 Å². The molecule has 0 aromatic heterocycles. The lowest BCUT2D eigenvalue weighted by atomic mass is 10.2. The van der Waals surface area contributed by atoms with Gasteiger partial charge in [0, 0.05) is 20.3 Å². The summed E-state index contributed by atoms with van der Waals surface area (Å²) in [5.74, 6) is 0. The molecule has 0 spiro atoms. The van der Waals surface area contributed by atoms with Gasteiger partial charge in [0.25, 0.3) is 0 Å². The predicted octanol–water partition coefficient (Wildman–Crippen LogP) is 0.893. The third kappa shape index (κ3) is 5.69. The van der Waals surface area contributed by atoms with E-state index in [1.165, 1.54) is 0 Å². The molecular formula is C13H22N2O3S. The molecule has 0 heterocycles. The van der Waals surface area contributed by atoms with Gasteiger partial charge in [-0.1, -0.05) is 12.1 Å². The summed E-state index contributed by atoms with van der Waals surface area (Å²) in [4.78, 5) is 0.292. The maximum Gasteiger partial charge on any atom is 0.240 e. The molecule has 0 saturated carbocycles. The van der Waals surface area contributed by atoms with Gasteiger partial charge < -0.3 is 10.5 Å². The fraction of sp³-hybridized carbons (Fsp3) is 0.538. The van der Waals surface area contributed by atoms with Gasteiger partial charge in [-0.15, -0.1) is 0 Å². The van der Waals surface area contributed by atoms with Crippen LogP contribution in [0.15, 0.2) is 29.2 Å². The minimum absolute atomic E-state index is 0.292. The molecule has 1 aromatic carbocycles. The Morgan fingerprint density at radius 1 is 1.21 bits per heavy atom. The summed E-state index contributed by atoms with van der Waals surface area (Å²) in [7, 11) is -1.77. The first-order chi connectivity index (χ1) is 9.10. The van der Waals surface area contributed by atoms with Gasteiger partial charge in [0.15, 0.2) is 0 Å². The van der Waals surface area contributed by atoms with Gasteiger partial charge in [-0.05, 0) is 43.5 Å². The van der Waals surface area contributed by atoms with Crippen LogP contribution in [0.1, 0.15) is 18.4 Å². The monoisotopic (exact) mass is 286 g/mol. The second-order valence-corrected chi connectivity index (χ2v) is 6.05. The van der Waals surface area contributed by atoms with Crippen LogP contribution in [0.2, 0.25) is 0 Å². The number of benzene rings is 1. The smallest absolute Gasteiger partial charge is 0.240 e. The maximum atomic E-state index is 12.0. The fourth-order valence-corrected chi connectivity index (χ4v) is 2.74. The number of hydrogen-bond donors (Lipinski definition) is 2. The molecule has 0 fully saturated rings. The number of sulfonamides is 1. The second kappa shape index (κ2) is 8.27. The number of hydrogen-bond acceptors (Lipinski definition) is 4. The standard InChI is InChI=1S/C13H22N2O3S/c1-18-11-3-2-10-15-19(16,17)13-6-4-12(5-7-13)8-9-14/h4-7,15H,2-3,8-11,14H2,1H3. The zero-order chi connectivity index (χ0) is 14.1. The van der Waals surface area contributed by atoms with Crippen molar-refractivity contribution >= 4 is 10.0 Å². The molecule has 1 aromatic rings. The van der Waals surface area contributed by atoms with E-state index in [4.69, 9.17) is 10.5 Å². The first-order valence-electron chi connectivity index (χ1n) is 6.38. The normalized spacial score (nSPS) is 11.7. The molecule has 1 rings (SSSR count). The van der Waals surface area contributed by atoms with Crippen LogP contribution < -0.4 is 10.5 Å². The van der Waals surface area contributed by atoms with Crippen molar-refractivity contribution in [3.63, 3.8) is 0 Å². The number of nitrogens with two attached hydrogens (primary N) is 1. The van der Waals surface area contributed by atoms with Gasteiger partial charge >= 0.3 is 0 Å². The maximum absolute atomic E-state index is 12.0. The van der Waals surface area contributed by atoms with Crippen LogP contribution in [0.4, 0.5) is 0 Å². The highest BCUT2D eigenvalue weighted by Crippen LogP contribution is 2.10. The van der Waals surface area contributed by atoms with Crippen molar-refractivity contribution in [2.75, 3.05) is 26.8 Å². The Kier molecular flexibility index (Phi) is 7.01. The Morgan fingerprint density at radius 3 is 2.47 bits per heavy atom. The van der Waals surface area contributed by atoms with Crippen LogP contribution in [-0.4, -0.2) is 35.2 Å². The molecule has 0 aliphatic rings. The van der Waals surface area contributed by atoms with E-state index in [-0.39, 0.29) is 0 Å². The van der Waals surface area contributed by atoms with Crippen LogP contribution in [0.3, 0.4) is 0 Å². The molecule has 108 valence electrons. The molecule has 0 amide bonds. The molecule has 5 nitrogen and oxygen atoms in total. The molecule has 19 heavy (non-hydrogen) atoms. The molecule has 0 bridgehead atoms. The van der Waals surface area contributed by atoms with Gasteiger partial charge in [-0.25, -0.2) is 13.1 Å². The van der Waals surface area contributed by atoms with Crippen LogP contribution >= 0.6 is 0 Å². The number of rotatable bonds is 9. The number of methoxy groups -OCH3 is 1. The SMILES string of the molecule is COCCCCNS(=O)(=O)c1ccc(CCN)cc1. The summed E-state index contributed by atoms with van der Waals surface area (Å²) < 4.78 is 31.4. The van der Waals surface area contributed by atoms with Gasteiger partial charge in [0.05, 0.1) is 4.90 Å². The summed E-state index contributed by atoms with van der Waals surface area (Å²) in [6.07, 6.45) is 2.36. The number of nitrogens with one attached hydrogen (secondary N) is 1. The highest BCUT2D eigenvalue weighted by molar-refractivity contribution is 7.89. The highest BCUT2D eigenvalue weighted by Gasteiger charge is 2.12. The van der Waals surface area contributed by atoms with Crippen LogP contribution in [0.5, 0.6) is 0 Å². The lowest BCUT2D eigenvalue weighted by Crippen LogP contribution is -2.25. The van der Waals surface area contributed by atoms with Crippen LogP contribution in [0.25, 0.3) is 0 Å². The fourth-order valence-electron chi connectivity index (χ4n) is 1.66. The third-order valence-corrected chi connectivity index (χ3v) is 4.21. The van der Waals surface area contributed by atoms with Gasteiger partial charge in [0.1, 0.15) is 0 Å². The second-order valence-electron chi connectivity index (χ2n) is 4.28. The minimum atomic E-state index is -3.40. The first kappa shape index (κ1) is 16.1. The summed E-state index contributed by atoms with van der Waals surface area (Å²) in [5.41, 5.74) is 6.49. The van der Waals surface area contributed by atoms with Crippen molar-refractivity contribution in [2.45, 2.75) is 24.2 Å². The zero-order valence-corrected chi connectivity index (χ0v) is 12.1. The van der Waals surface area contributed by atoms with Gasteiger partial charge in [-0.3, -0.25) is 0 Å². The van der Waals surface area contributed by atoms with Gasteiger partial charge in [-0.2, -0.15) is 0 Å². The van der Waals surface area contributed by atoms with Gasteiger partial charge in [0.2, 0.25) is 10.0 Å². The number of ether oxygens (including phenoxy) is 1. The first-order valence-corrected chi connectivity index (χ1v) is 7.86. The molecule has 0 unspecified atom stereocenters. The van der Waals surface area contributed by atoms with E-state index >= 15 is 0 Å². The Hall–Kier alpha value is -0.950. The van der Waals surface area contributed by atoms with Crippen LogP contribution in [-0.2, 0) is 21.2 Å². The Labute approximate surface area is 115 Å². The summed E-state index contributed by atoms with van der Waals surface area (Å²) in [5, 5.41) is 0. The van der Waals surface area contributed by atoms with Crippen LogP contribution in [0, 0.1) is 0 Å². The van der Waals surface area contributed by atoms with Crippen molar-refractivity contribution in [1.29, 1.82) is 0 Å². The van der Waals surface area contributed by atoms with E-state index in [0.29, 0.717) is 24.6 Å². The molecule has 0 saturated heterocycles. The molecule has 0 radical (unpaired) electrons. The van der Waals surface area contributed by atoms with E-state index in [2.05, 4.69) is 4.72 Å². The largest absolute Gasteiger partial charge is 0.385 e. The zero-order valence-electron chi connectivity index (χ0n) is 11.3. The van der Waals surface area contributed by atoms with E-state index in [0.717, 1.165) is 24.8 Å². The Balaban J connectivity index is 2.52. The molecule has 3 N–H and O–H groups in total. The third-order valence-electron chi connectivity index (χ3n) is 2.73. The summed E-state index contributed by atoms with van der Waals surface area (Å²) in [6.45, 7) is 1.63. The molecule has 0 aliphatic heterocycles. The Bertz CT molecular complexity index is 457. The highest BCUT2D eigenvalue weighted by atomic mass is 32.2. The van der Waals surface area contributed by atoms with Crippen molar-refractivity contribution in [3.05, 3.63) is 29.8 Å². The Morgan fingerprint density at radius 2 is 1.89 bits per heavy atom. The summed E-state index contributed by atoms with van der Waals surface area (Å²) in [6, 6.07) is 6.82. The van der Waals surface area contributed by atoms with E-state index in [9.17, 15) is 8.42 Å². The average molecular weight is 286 g/mol. The molecule has 0 atom stereocenters. The lowest BCUT2D eigenvalue weighted by molar-refractivity contribution is 0.193. The van der Waals surface area contributed by atoms with E-state index < -0.39 is 10.0 Å². The molecule has 6 heteroatoms. The van der Waals surface area contributed by atoms with Crippen molar-refractivity contribution < 1.29 is 13.2 Å². The van der Waals surface area contributed by atoms with Crippen molar-refractivity contribution in [3.8, 4) is 0 Å².